The Labute approximate surface area is 151 Å². The average molecular weight is 354 g/mol. The first-order valence-electron chi connectivity index (χ1n) is 8.14. The van der Waals surface area contributed by atoms with Crippen LogP contribution in [-0.4, -0.2) is 22.3 Å². The van der Waals surface area contributed by atoms with Gasteiger partial charge in [0, 0.05) is 10.8 Å². The number of hydrogen-bond donors (Lipinski definition) is 0. The van der Waals surface area contributed by atoms with Gasteiger partial charge in [0.1, 0.15) is 18.1 Å². The maximum absolute atomic E-state index is 11.7. The summed E-state index contributed by atoms with van der Waals surface area (Å²) < 4.78 is 7.60. The van der Waals surface area contributed by atoms with Crippen molar-refractivity contribution in [1.82, 2.24) is 9.38 Å². The van der Waals surface area contributed by atoms with E-state index in [1.807, 2.05) is 41.0 Å². The number of rotatable bonds is 5. The van der Waals surface area contributed by atoms with Gasteiger partial charge in [-0.1, -0.05) is 27.4 Å². The molecule has 0 saturated heterocycles. The number of benzene rings is 1. The summed E-state index contributed by atoms with van der Waals surface area (Å²) in [7, 11) is 0. The number of carbonyl (C=O) groups excluding carboxylic acids is 1. The van der Waals surface area contributed by atoms with Crippen molar-refractivity contribution in [3.05, 3.63) is 53.2 Å². The minimum atomic E-state index is -0.181. The maximum atomic E-state index is 11.7. The van der Waals surface area contributed by atoms with E-state index in [1.54, 1.807) is 11.3 Å². The molecule has 3 aromatic rings. The van der Waals surface area contributed by atoms with E-state index < -0.39 is 0 Å². The summed E-state index contributed by atoms with van der Waals surface area (Å²) in [6.07, 6.45) is 0.904. The van der Waals surface area contributed by atoms with Crippen molar-refractivity contribution in [2.24, 2.45) is 0 Å². The normalized spacial score (nSPS) is 11.7. The molecule has 2 heterocycles. The fraction of sp³-hybridized carbons (Fsp3) is 0.300. The Balaban J connectivity index is 2.03. The number of imidazole rings is 1. The predicted molar refractivity (Wildman–Crippen MR) is 103 cm³/mol. The minimum Gasteiger partial charge on any atom is -0.489 e. The van der Waals surface area contributed by atoms with Gasteiger partial charge in [0.15, 0.2) is 11.2 Å². The molecule has 0 atom stereocenters. The summed E-state index contributed by atoms with van der Waals surface area (Å²) in [5.74, 6) is 0.801. The van der Waals surface area contributed by atoms with Crippen LogP contribution in [0.25, 0.3) is 16.2 Å². The number of aromatic nitrogens is 2. The molecule has 0 N–H and O–H groups in total. The molecule has 0 spiro atoms. The van der Waals surface area contributed by atoms with Crippen LogP contribution in [0.2, 0.25) is 0 Å². The molecule has 0 aliphatic carbocycles. The van der Waals surface area contributed by atoms with Crippen molar-refractivity contribution in [2.45, 2.75) is 33.1 Å². The summed E-state index contributed by atoms with van der Waals surface area (Å²) >= 11 is 1.54. The van der Waals surface area contributed by atoms with Crippen LogP contribution in [-0.2, 0) is 5.41 Å². The summed E-state index contributed by atoms with van der Waals surface area (Å²) in [5, 5.41) is 2.03. The minimum absolute atomic E-state index is 0.181. The highest BCUT2D eigenvalue weighted by atomic mass is 32.1. The average Bonchev–Trinajstić information content (AvgIpc) is 3.11. The van der Waals surface area contributed by atoms with Gasteiger partial charge in [-0.3, -0.25) is 9.20 Å². The zero-order valence-electron chi connectivity index (χ0n) is 15.0. The van der Waals surface area contributed by atoms with Gasteiger partial charge in [-0.05, 0) is 42.3 Å². The highest BCUT2D eigenvalue weighted by Crippen LogP contribution is 2.33. The zero-order chi connectivity index (χ0) is 18.2. The number of ether oxygens (including phenoxy) is 1. The van der Waals surface area contributed by atoms with E-state index in [0.29, 0.717) is 12.3 Å². The van der Waals surface area contributed by atoms with Gasteiger partial charge in [-0.15, -0.1) is 11.3 Å². The lowest BCUT2D eigenvalue weighted by molar-refractivity contribution is 0.111. The summed E-state index contributed by atoms with van der Waals surface area (Å²) in [5.41, 5.74) is 4.25. The van der Waals surface area contributed by atoms with Gasteiger partial charge in [0.2, 0.25) is 0 Å². The van der Waals surface area contributed by atoms with Gasteiger partial charge in [0.05, 0.1) is 11.4 Å². The van der Waals surface area contributed by atoms with E-state index in [-0.39, 0.29) is 5.41 Å². The topological polar surface area (TPSA) is 43.6 Å². The SMILES string of the molecule is C=C(C)COc1ccc(-c2csc3nc(C(C)(C)C)c(C=O)n23)cc1. The molecule has 2 aromatic heterocycles. The van der Waals surface area contributed by atoms with Gasteiger partial charge in [-0.25, -0.2) is 4.98 Å². The maximum Gasteiger partial charge on any atom is 0.195 e. The van der Waals surface area contributed by atoms with Crippen molar-refractivity contribution in [1.29, 1.82) is 0 Å². The molecule has 4 nitrogen and oxygen atoms in total. The fourth-order valence-electron chi connectivity index (χ4n) is 2.67. The van der Waals surface area contributed by atoms with Crippen LogP contribution < -0.4 is 4.74 Å². The van der Waals surface area contributed by atoms with Crippen molar-refractivity contribution >= 4 is 22.6 Å². The molecule has 5 heteroatoms. The summed E-state index contributed by atoms with van der Waals surface area (Å²) in [6.45, 7) is 12.5. The molecule has 0 aliphatic rings. The largest absolute Gasteiger partial charge is 0.489 e. The van der Waals surface area contributed by atoms with E-state index in [9.17, 15) is 4.79 Å². The molecule has 0 aliphatic heterocycles. The number of carbonyl (C=O) groups is 1. The molecule has 0 saturated carbocycles. The highest BCUT2D eigenvalue weighted by Gasteiger charge is 2.25. The van der Waals surface area contributed by atoms with E-state index in [0.717, 1.165) is 39.5 Å². The highest BCUT2D eigenvalue weighted by molar-refractivity contribution is 7.15. The predicted octanol–water partition coefficient (Wildman–Crippen LogP) is 5.13. The van der Waals surface area contributed by atoms with Gasteiger partial charge < -0.3 is 4.74 Å². The lowest BCUT2D eigenvalue weighted by atomic mass is 9.91. The Bertz CT molecular complexity index is 927. The molecule has 0 radical (unpaired) electrons. The zero-order valence-corrected chi connectivity index (χ0v) is 15.8. The number of nitrogens with zero attached hydrogens (tertiary/aromatic N) is 2. The first-order chi connectivity index (χ1) is 11.8. The van der Waals surface area contributed by atoms with Crippen LogP contribution in [0.4, 0.5) is 0 Å². The Morgan fingerprint density at radius 1 is 1.32 bits per heavy atom. The number of aldehydes is 1. The molecule has 25 heavy (non-hydrogen) atoms. The molecule has 1 aromatic carbocycles. The van der Waals surface area contributed by atoms with Crippen molar-refractivity contribution in [3.8, 4) is 17.0 Å². The van der Waals surface area contributed by atoms with Gasteiger partial charge in [0.25, 0.3) is 0 Å². The Kier molecular flexibility index (Phi) is 4.52. The van der Waals surface area contributed by atoms with Gasteiger partial charge in [-0.2, -0.15) is 0 Å². The van der Waals surface area contributed by atoms with Crippen LogP contribution in [0.3, 0.4) is 0 Å². The smallest absolute Gasteiger partial charge is 0.195 e. The number of hydrogen-bond acceptors (Lipinski definition) is 4. The molecule has 0 unspecified atom stereocenters. The monoisotopic (exact) mass is 354 g/mol. The van der Waals surface area contributed by atoms with Crippen LogP contribution in [0.1, 0.15) is 43.9 Å². The second-order valence-electron chi connectivity index (χ2n) is 7.22. The summed E-state index contributed by atoms with van der Waals surface area (Å²) in [4.78, 5) is 17.3. The van der Waals surface area contributed by atoms with E-state index in [4.69, 9.17) is 4.74 Å². The van der Waals surface area contributed by atoms with Crippen molar-refractivity contribution < 1.29 is 9.53 Å². The quantitative estimate of drug-likeness (QED) is 0.471. The van der Waals surface area contributed by atoms with E-state index in [1.165, 1.54) is 0 Å². The number of fused-ring (bicyclic) bond motifs is 1. The lowest BCUT2D eigenvalue weighted by Crippen LogP contribution is -2.14. The molecule has 0 bridgehead atoms. The van der Waals surface area contributed by atoms with E-state index >= 15 is 0 Å². The molecule has 130 valence electrons. The molecule has 3 rings (SSSR count). The summed E-state index contributed by atoms with van der Waals surface area (Å²) in [6, 6.07) is 7.87. The van der Waals surface area contributed by atoms with E-state index in [2.05, 4.69) is 32.3 Å². The lowest BCUT2D eigenvalue weighted by Gasteiger charge is -2.16. The Morgan fingerprint density at radius 2 is 2.00 bits per heavy atom. The third kappa shape index (κ3) is 3.37. The fourth-order valence-corrected chi connectivity index (χ4v) is 3.58. The van der Waals surface area contributed by atoms with Crippen molar-refractivity contribution in [3.63, 3.8) is 0 Å². The first kappa shape index (κ1) is 17.4. The molecular formula is C20H22N2O2S. The third-order valence-corrected chi connectivity index (χ3v) is 4.68. The third-order valence-electron chi connectivity index (χ3n) is 3.86. The molecule has 0 amide bonds. The van der Waals surface area contributed by atoms with Crippen LogP contribution in [0.15, 0.2) is 41.8 Å². The van der Waals surface area contributed by atoms with Gasteiger partial charge >= 0.3 is 0 Å². The second-order valence-corrected chi connectivity index (χ2v) is 8.06. The molecular weight excluding hydrogens is 332 g/mol. The van der Waals surface area contributed by atoms with Crippen LogP contribution in [0, 0.1) is 0 Å². The standard InChI is InChI=1S/C20H22N2O2S/c1-13(2)11-24-15-8-6-14(7-9-15)17-12-25-19-21-18(20(3,4)5)16(10-23)22(17)19/h6-10,12H,1,11H2,2-5H3. The Morgan fingerprint density at radius 3 is 2.56 bits per heavy atom. The van der Waals surface area contributed by atoms with Crippen LogP contribution >= 0.6 is 11.3 Å². The Hall–Kier alpha value is -2.40. The number of thiazole rings is 1. The van der Waals surface area contributed by atoms with Crippen LogP contribution in [0.5, 0.6) is 5.75 Å². The molecule has 0 fully saturated rings. The van der Waals surface area contributed by atoms with Crippen molar-refractivity contribution in [2.75, 3.05) is 6.61 Å². The first-order valence-corrected chi connectivity index (χ1v) is 9.02. The second kappa shape index (κ2) is 6.48.